The summed E-state index contributed by atoms with van der Waals surface area (Å²) in [6, 6.07) is 0. The molecule has 1 saturated carbocycles. The Morgan fingerprint density at radius 2 is 2.36 bits per heavy atom. The van der Waals surface area contributed by atoms with E-state index in [1.165, 1.54) is 12.8 Å². The number of hydrogen-bond donors (Lipinski definition) is 1. The molecule has 1 N–H and O–H groups in total. The summed E-state index contributed by atoms with van der Waals surface area (Å²) in [4.78, 5) is 0. The van der Waals surface area contributed by atoms with Crippen LogP contribution in [0.25, 0.3) is 0 Å². The first-order chi connectivity index (χ1) is 5.36. The maximum absolute atomic E-state index is 5.34. The van der Waals surface area contributed by atoms with Crippen molar-refractivity contribution in [3.05, 3.63) is 0 Å². The van der Waals surface area contributed by atoms with Gasteiger partial charge in [0, 0.05) is 0 Å². The van der Waals surface area contributed by atoms with Crippen molar-refractivity contribution in [2.45, 2.75) is 18.9 Å². The van der Waals surface area contributed by atoms with Crippen molar-refractivity contribution in [1.29, 1.82) is 0 Å². The van der Waals surface area contributed by atoms with Crippen molar-refractivity contribution in [3.63, 3.8) is 0 Å². The van der Waals surface area contributed by atoms with Gasteiger partial charge in [0.2, 0.25) is 0 Å². The Kier molecular flexibility index (Phi) is 3.41. The Balaban J connectivity index is 1.97. The van der Waals surface area contributed by atoms with E-state index in [0.29, 0.717) is 12.7 Å². The fourth-order valence-electron chi connectivity index (χ4n) is 1.43. The normalized spacial score (nSPS) is 29.1. The molecule has 0 amide bonds. The van der Waals surface area contributed by atoms with Crippen LogP contribution in [0, 0.1) is 18.3 Å². The van der Waals surface area contributed by atoms with Crippen molar-refractivity contribution in [1.82, 2.24) is 5.32 Å². The highest BCUT2D eigenvalue weighted by molar-refractivity contribution is 4.87. The lowest BCUT2D eigenvalue weighted by Gasteiger charge is -2.34. The zero-order chi connectivity index (χ0) is 8.10. The fourth-order valence-corrected chi connectivity index (χ4v) is 1.43. The third-order valence-electron chi connectivity index (χ3n) is 2.09. The molecule has 0 aromatic heterocycles. The van der Waals surface area contributed by atoms with Crippen molar-refractivity contribution < 1.29 is 4.74 Å². The number of nitrogens with one attached hydrogen (secondary N) is 1. The first-order valence-corrected chi connectivity index (χ1v) is 4.06. The minimum Gasteiger partial charge on any atom is -0.366 e. The first-order valence-electron chi connectivity index (χ1n) is 4.06. The molecular weight excluding hydrogens is 138 g/mol. The molecule has 0 aromatic carbocycles. The molecule has 0 saturated heterocycles. The van der Waals surface area contributed by atoms with Gasteiger partial charge in [0.25, 0.3) is 0 Å². The predicted molar refractivity (Wildman–Crippen MR) is 45.2 cm³/mol. The Hall–Kier alpha value is -0.520. The Morgan fingerprint density at radius 3 is 2.91 bits per heavy atom. The summed E-state index contributed by atoms with van der Waals surface area (Å²) in [5.74, 6) is 3.28. The van der Waals surface area contributed by atoms with Gasteiger partial charge in [0.1, 0.15) is 6.61 Å². The van der Waals surface area contributed by atoms with E-state index in [9.17, 15) is 0 Å². The number of ether oxygens (including phenoxy) is 1. The predicted octanol–water partition coefficient (Wildman–Crippen LogP) is 0.634. The largest absolute Gasteiger partial charge is 0.366 e. The molecule has 0 bridgehead atoms. The van der Waals surface area contributed by atoms with Gasteiger partial charge in [-0.2, -0.15) is 0 Å². The summed E-state index contributed by atoms with van der Waals surface area (Å²) < 4.78 is 5.34. The maximum atomic E-state index is 5.34. The van der Waals surface area contributed by atoms with Crippen LogP contribution in [0.15, 0.2) is 0 Å². The van der Waals surface area contributed by atoms with E-state index in [1.807, 2.05) is 7.05 Å². The zero-order valence-corrected chi connectivity index (χ0v) is 6.97. The van der Waals surface area contributed by atoms with Gasteiger partial charge in [-0.3, -0.25) is 0 Å². The molecule has 1 aliphatic rings. The van der Waals surface area contributed by atoms with Gasteiger partial charge in [-0.25, -0.2) is 0 Å². The maximum Gasteiger partial charge on any atom is 0.107 e. The van der Waals surface area contributed by atoms with Crippen LogP contribution in [0.3, 0.4) is 0 Å². The van der Waals surface area contributed by atoms with Gasteiger partial charge < -0.3 is 10.1 Å². The van der Waals surface area contributed by atoms with E-state index in [2.05, 4.69) is 11.2 Å². The average Bonchev–Trinajstić information content (AvgIpc) is 1.94. The molecule has 1 rings (SSSR count). The van der Waals surface area contributed by atoms with Gasteiger partial charge in [0.05, 0.1) is 6.10 Å². The van der Waals surface area contributed by atoms with E-state index < -0.39 is 0 Å². The molecule has 11 heavy (non-hydrogen) atoms. The van der Waals surface area contributed by atoms with Crippen LogP contribution >= 0.6 is 0 Å². The Labute approximate surface area is 68.3 Å². The summed E-state index contributed by atoms with van der Waals surface area (Å²) in [5, 5.41) is 3.15. The van der Waals surface area contributed by atoms with Crippen LogP contribution < -0.4 is 5.32 Å². The topological polar surface area (TPSA) is 21.3 Å². The van der Waals surface area contributed by atoms with Crippen molar-refractivity contribution >= 4 is 0 Å². The summed E-state index contributed by atoms with van der Waals surface area (Å²) in [5.41, 5.74) is 0. The van der Waals surface area contributed by atoms with Crippen LogP contribution in [-0.4, -0.2) is 26.3 Å². The van der Waals surface area contributed by atoms with E-state index >= 15 is 0 Å². The van der Waals surface area contributed by atoms with Crippen molar-refractivity contribution in [2.24, 2.45) is 5.92 Å². The van der Waals surface area contributed by atoms with Crippen LogP contribution in [0.5, 0.6) is 0 Å². The van der Waals surface area contributed by atoms with Gasteiger partial charge in [-0.1, -0.05) is 5.92 Å². The smallest absolute Gasteiger partial charge is 0.107 e. The highest BCUT2D eigenvalue weighted by atomic mass is 16.5. The second-order valence-electron chi connectivity index (χ2n) is 3.03. The van der Waals surface area contributed by atoms with Gasteiger partial charge >= 0.3 is 0 Å². The van der Waals surface area contributed by atoms with E-state index in [1.54, 1.807) is 0 Å². The minimum absolute atomic E-state index is 0.435. The Morgan fingerprint density at radius 1 is 1.64 bits per heavy atom. The summed E-state index contributed by atoms with van der Waals surface area (Å²) in [7, 11) is 1.98. The number of terminal acetylenes is 1. The second-order valence-corrected chi connectivity index (χ2v) is 3.03. The third-order valence-corrected chi connectivity index (χ3v) is 2.09. The molecule has 2 heteroatoms. The second kappa shape index (κ2) is 4.38. The molecule has 0 atom stereocenters. The van der Waals surface area contributed by atoms with Gasteiger partial charge in [-0.05, 0) is 32.4 Å². The molecule has 0 aromatic rings. The third kappa shape index (κ3) is 2.53. The monoisotopic (exact) mass is 153 g/mol. The van der Waals surface area contributed by atoms with Crippen LogP contribution in [0.4, 0.5) is 0 Å². The first kappa shape index (κ1) is 8.58. The lowest BCUT2D eigenvalue weighted by Crippen LogP contribution is -2.36. The SMILES string of the molecule is C#CCOC1CC(CNC)C1. The van der Waals surface area contributed by atoms with Crippen LogP contribution in [0.1, 0.15) is 12.8 Å². The standard InChI is InChI=1S/C9H15NO/c1-3-4-11-9-5-8(6-9)7-10-2/h1,8-10H,4-7H2,2H3. The van der Waals surface area contributed by atoms with Gasteiger partial charge in [0.15, 0.2) is 0 Å². The lowest BCUT2D eigenvalue weighted by atomic mass is 9.82. The fraction of sp³-hybridized carbons (Fsp3) is 0.778. The molecule has 0 radical (unpaired) electrons. The minimum atomic E-state index is 0.435. The lowest BCUT2D eigenvalue weighted by molar-refractivity contribution is -0.0137. The number of rotatable bonds is 4. The average molecular weight is 153 g/mol. The van der Waals surface area contributed by atoms with Crippen LogP contribution in [0.2, 0.25) is 0 Å². The summed E-state index contributed by atoms with van der Waals surface area (Å²) >= 11 is 0. The summed E-state index contributed by atoms with van der Waals surface area (Å²) in [6.07, 6.45) is 7.83. The zero-order valence-electron chi connectivity index (χ0n) is 6.97. The van der Waals surface area contributed by atoms with E-state index in [0.717, 1.165) is 12.5 Å². The molecule has 1 fully saturated rings. The van der Waals surface area contributed by atoms with E-state index in [4.69, 9.17) is 11.2 Å². The number of hydrogen-bond acceptors (Lipinski definition) is 2. The van der Waals surface area contributed by atoms with Crippen molar-refractivity contribution in [3.8, 4) is 12.3 Å². The van der Waals surface area contributed by atoms with Crippen molar-refractivity contribution in [2.75, 3.05) is 20.2 Å². The quantitative estimate of drug-likeness (QED) is 0.598. The Bertz CT molecular complexity index is 144. The molecule has 0 unspecified atom stereocenters. The highest BCUT2D eigenvalue weighted by Crippen LogP contribution is 2.28. The van der Waals surface area contributed by atoms with Gasteiger partial charge in [-0.15, -0.1) is 6.42 Å². The molecule has 1 aliphatic carbocycles. The molecule has 62 valence electrons. The van der Waals surface area contributed by atoms with Crippen LogP contribution in [-0.2, 0) is 4.74 Å². The molecule has 2 nitrogen and oxygen atoms in total. The molecule has 0 aliphatic heterocycles. The molecular formula is C9H15NO. The summed E-state index contributed by atoms with van der Waals surface area (Å²) in [6.45, 7) is 1.58. The molecule has 0 heterocycles. The molecule has 0 spiro atoms. The van der Waals surface area contributed by atoms with E-state index in [-0.39, 0.29) is 0 Å². The highest BCUT2D eigenvalue weighted by Gasteiger charge is 2.28.